The topological polar surface area (TPSA) is 197 Å². The predicted octanol–water partition coefficient (Wildman–Crippen LogP) is 10.1. The van der Waals surface area contributed by atoms with Crippen molar-refractivity contribution in [3.8, 4) is 11.3 Å². The minimum absolute atomic E-state index is 0.0133. The first kappa shape index (κ1) is 63.4. The number of ether oxygens (including phenoxy) is 5. The highest BCUT2D eigenvalue weighted by molar-refractivity contribution is 9.10. The number of amides is 3. The number of halogens is 1. The molecule has 3 aliphatic heterocycles. The van der Waals surface area contributed by atoms with Gasteiger partial charge in [0.05, 0.1) is 64.9 Å². The van der Waals surface area contributed by atoms with Crippen molar-refractivity contribution in [1.82, 2.24) is 35.2 Å². The highest BCUT2D eigenvalue weighted by Gasteiger charge is 2.52. The van der Waals surface area contributed by atoms with Crippen LogP contribution in [0.2, 0.25) is 0 Å². The van der Waals surface area contributed by atoms with Crippen molar-refractivity contribution in [2.75, 3.05) is 57.9 Å². The number of anilines is 1. The number of thiazole rings is 1. The molecule has 0 bridgehead atoms. The Kier molecular flexibility index (Phi) is 20.1. The number of aromatic nitrogens is 3. The average molecular weight is 1230 g/mol. The summed E-state index contributed by atoms with van der Waals surface area (Å²) in [6.07, 6.45) is 1.76. The highest BCUT2D eigenvalue weighted by Crippen LogP contribution is 2.43. The fraction of sp³-hybridized carbons (Fsp3) is 0.574. The summed E-state index contributed by atoms with van der Waals surface area (Å²) in [4.78, 5) is 69.1. The third-order valence-electron chi connectivity index (χ3n) is 15.8. The van der Waals surface area contributed by atoms with E-state index in [4.69, 9.17) is 38.0 Å². The van der Waals surface area contributed by atoms with Crippen LogP contribution in [0.4, 0.5) is 15.3 Å². The summed E-state index contributed by atoms with van der Waals surface area (Å²) in [6, 6.07) is 16.3. The molecule has 0 unspecified atom stereocenters. The second-order valence-electron chi connectivity index (χ2n) is 25.0. The number of hydrazine groups is 1. The van der Waals surface area contributed by atoms with E-state index in [-0.39, 0.29) is 25.4 Å². The van der Waals surface area contributed by atoms with Crippen LogP contribution >= 0.6 is 27.3 Å². The Morgan fingerprint density at radius 1 is 0.928 bits per heavy atom. The summed E-state index contributed by atoms with van der Waals surface area (Å²) >= 11 is 4.79. The van der Waals surface area contributed by atoms with E-state index in [1.165, 1.54) is 16.3 Å². The van der Waals surface area contributed by atoms with Crippen molar-refractivity contribution in [2.24, 2.45) is 5.41 Å². The summed E-state index contributed by atoms with van der Waals surface area (Å²) in [6.45, 7) is 29.0. The lowest BCUT2D eigenvalue weighted by Gasteiger charge is -2.36. The number of alkyl carbamates (subject to hydrolysis) is 1. The number of fused-ring (bicyclic) bond motifs is 1. The number of hydrogen-bond donors (Lipinski definition) is 2. The molecule has 0 saturated carbocycles. The number of carbonyl (C=O) groups is 4. The Bertz CT molecular complexity index is 3070. The van der Waals surface area contributed by atoms with Gasteiger partial charge in [0.25, 0.3) is 5.91 Å². The molecule has 0 radical (unpaired) electrons. The molecule has 4 atom stereocenters. The number of methoxy groups -OCH3 is 1. The lowest BCUT2D eigenvalue weighted by Crippen LogP contribution is -2.61. The first-order valence-corrected chi connectivity index (χ1v) is 30.5. The molecule has 3 aromatic heterocycles. The lowest BCUT2D eigenvalue weighted by molar-refractivity contribution is -0.155. The van der Waals surface area contributed by atoms with E-state index in [1.54, 1.807) is 32.8 Å². The number of pyridine rings is 1. The second kappa shape index (κ2) is 26.3. The monoisotopic (exact) mass is 1230 g/mol. The SMILES string of the molecule is CO[C@@H](C)c1ncc(N2CCN(C(=O)OCc3ccccc3)CC2)cc1-c1c(CC(C)(C)COC(=O)[C@@H]2CCCN(C(=O)[C@@H](NC(=O)OC(C)(C)C)[C@H](C)c3nc(Br)cs3)N2)c2cc(B3OC(C)(C)C(C)(C)O3)ccc2n1CCOC(C)C. The van der Waals surface area contributed by atoms with Crippen LogP contribution in [0.3, 0.4) is 0 Å². The van der Waals surface area contributed by atoms with Crippen molar-refractivity contribution in [2.45, 2.75) is 169 Å². The molecule has 0 aliphatic carbocycles. The van der Waals surface area contributed by atoms with E-state index in [9.17, 15) is 19.2 Å². The molecule has 22 heteroatoms. The number of nitrogens with one attached hydrogen (secondary N) is 2. The third-order valence-corrected chi connectivity index (χ3v) is 17.6. The minimum Gasteiger partial charge on any atom is -0.464 e. The van der Waals surface area contributed by atoms with E-state index in [1.807, 2.05) is 97.3 Å². The maximum absolute atomic E-state index is 14.5. The summed E-state index contributed by atoms with van der Waals surface area (Å²) < 4.78 is 46.2. The molecule has 0 spiro atoms. The number of benzene rings is 2. The Morgan fingerprint density at radius 3 is 2.27 bits per heavy atom. The molecular weight excluding hydrogens is 1140 g/mol. The van der Waals surface area contributed by atoms with Gasteiger partial charge in [-0.15, -0.1) is 11.3 Å². The van der Waals surface area contributed by atoms with Crippen LogP contribution < -0.4 is 21.1 Å². The molecule has 3 aliphatic rings. The summed E-state index contributed by atoms with van der Waals surface area (Å²) in [5.41, 5.74) is 7.70. The standard InChI is InChI=1S/C61H84BBrN8O11S/c1-38(2)77-30-29-70-48-23-22-42(62-81-60(10,11)61(12,13)82-62)31-44(48)46(52(70)45-32-43(34-64-51(45)40(4)76-14)68-25-27-69(28-26-68)57(75)78-35-41-19-16-15-17-20-41)33-59(8,9)37-79-55(73)47-21-18-24-71(67-47)54(72)50(66-56(74)80-58(5,6)7)39(3)53-65-49(63)36-83-53/h15-17,19-20,22-23,31-32,34,36,38-40,47,50,67H,18,21,24-30,33,35,37H2,1-14H3,(H,66,74)/t39-,40-,47-,50-/m0/s1. The fourth-order valence-electron chi connectivity index (χ4n) is 10.5. The summed E-state index contributed by atoms with van der Waals surface area (Å²) in [7, 11) is 1.04. The van der Waals surface area contributed by atoms with Gasteiger partial charge < -0.3 is 52.7 Å². The van der Waals surface area contributed by atoms with Crippen LogP contribution in [-0.2, 0) is 62.2 Å². The molecule has 5 aromatic rings. The molecule has 450 valence electrons. The normalized spacial score (nSPS) is 18.5. The second-order valence-corrected chi connectivity index (χ2v) is 26.7. The zero-order valence-electron chi connectivity index (χ0n) is 50.8. The van der Waals surface area contributed by atoms with Crippen molar-refractivity contribution in [3.63, 3.8) is 0 Å². The first-order chi connectivity index (χ1) is 39.1. The van der Waals surface area contributed by atoms with Gasteiger partial charge in [0.2, 0.25) is 0 Å². The molecule has 3 saturated heterocycles. The molecular formula is C61H84BBrN8O11S. The van der Waals surface area contributed by atoms with Gasteiger partial charge >= 0.3 is 25.3 Å². The van der Waals surface area contributed by atoms with Gasteiger partial charge in [0, 0.05) is 79.6 Å². The van der Waals surface area contributed by atoms with Crippen LogP contribution in [0.1, 0.15) is 137 Å². The van der Waals surface area contributed by atoms with Gasteiger partial charge in [-0.3, -0.25) is 19.6 Å². The summed E-state index contributed by atoms with van der Waals surface area (Å²) in [5.74, 6) is -1.46. The number of carbonyl (C=O) groups excluding carboxylic acids is 4. The molecule has 3 fully saturated rings. The van der Waals surface area contributed by atoms with Gasteiger partial charge in [-0.2, -0.15) is 0 Å². The number of hydrogen-bond acceptors (Lipinski definition) is 16. The first-order valence-electron chi connectivity index (χ1n) is 28.8. The highest BCUT2D eigenvalue weighted by atomic mass is 79.9. The third kappa shape index (κ3) is 15.5. The zero-order valence-corrected chi connectivity index (χ0v) is 53.2. The molecule has 2 N–H and O–H groups in total. The average Bonchev–Trinajstić information content (AvgIpc) is 2.02. The van der Waals surface area contributed by atoms with Gasteiger partial charge in [-0.1, -0.05) is 63.2 Å². The maximum atomic E-state index is 14.5. The molecule has 8 rings (SSSR count). The number of rotatable bonds is 20. The maximum Gasteiger partial charge on any atom is 0.494 e. The van der Waals surface area contributed by atoms with Crippen LogP contribution in [0.5, 0.6) is 0 Å². The van der Waals surface area contributed by atoms with Crippen molar-refractivity contribution >= 4 is 80.5 Å². The van der Waals surface area contributed by atoms with E-state index in [0.29, 0.717) is 74.7 Å². The predicted molar refractivity (Wildman–Crippen MR) is 326 cm³/mol. The van der Waals surface area contributed by atoms with Crippen LogP contribution in [0, 0.1) is 5.41 Å². The van der Waals surface area contributed by atoms with Gasteiger partial charge in [0.1, 0.15) is 28.9 Å². The Labute approximate surface area is 502 Å². The molecule has 6 heterocycles. The molecule has 3 amide bonds. The minimum atomic E-state index is -1.06. The number of piperazine rings is 1. The quantitative estimate of drug-likeness (QED) is 0.0424. The van der Waals surface area contributed by atoms with Gasteiger partial charge in [0.15, 0.2) is 0 Å². The Hall–Kier alpha value is -5.62. The fourth-order valence-corrected chi connectivity index (χ4v) is 11.9. The van der Waals surface area contributed by atoms with Gasteiger partial charge in [-0.05, 0) is 133 Å². The smallest absolute Gasteiger partial charge is 0.464 e. The lowest BCUT2D eigenvalue weighted by atomic mass is 9.77. The van der Waals surface area contributed by atoms with Crippen LogP contribution in [-0.4, -0.2) is 144 Å². The van der Waals surface area contributed by atoms with Crippen LogP contribution in [0.25, 0.3) is 22.2 Å². The largest absolute Gasteiger partial charge is 0.494 e. The summed E-state index contributed by atoms with van der Waals surface area (Å²) in [5, 5.41) is 7.64. The van der Waals surface area contributed by atoms with E-state index in [2.05, 4.69) is 79.2 Å². The number of esters is 1. The Morgan fingerprint density at radius 2 is 1.63 bits per heavy atom. The number of nitrogens with zero attached hydrogens (tertiary/aromatic N) is 6. The van der Waals surface area contributed by atoms with Crippen molar-refractivity contribution < 1.29 is 52.2 Å². The zero-order chi connectivity index (χ0) is 60.2. The molecule has 83 heavy (non-hydrogen) atoms. The van der Waals surface area contributed by atoms with Crippen LogP contribution in [0.15, 0.2) is 70.8 Å². The molecule has 19 nitrogen and oxygen atoms in total. The van der Waals surface area contributed by atoms with Gasteiger partial charge in [-0.25, -0.2) is 20.0 Å². The molecule has 2 aromatic carbocycles. The van der Waals surface area contributed by atoms with E-state index < -0.39 is 71.4 Å². The van der Waals surface area contributed by atoms with E-state index in [0.717, 1.165) is 50.1 Å². The Balaban J connectivity index is 1.11. The van der Waals surface area contributed by atoms with Crippen molar-refractivity contribution in [3.05, 3.63) is 92.6 Å². The van der Waals surface area contributed by atoms with E-state index >= 15 is 0 Å². The van der Waals surface area contributed by atoms with Crippen molar-refractivity contribution in [1.29, 1.82) is 0 Å².